The zero-order valence-electron chi connectivity index (χ0n) is 14.5. The molecule has 6 heteroatoms. The summed E-state index contributed by atoms with van der Waals surface area (Å²) < 4.78 is 18.5. The van der Waals surface area contributed by atoms with Gasteiger partial charge in [-0.05, 0) is 30.0 Å². The van der Waals surface area contributed by atoms with Crippen LogP contribution in [0.25, 0.3) is 0 Å². The van der Waals surface area contributed by atoms with E-state index in [9.17, 15) is 14.0 Å². The first-order valence-corrected chi connectivity index (χ1v) is 8.14. The summed E-state index contributed by atoms with van der Waals surface area (Å²) in [5.74, 6) is -0.800. The fourth-order valence-electron chi connectivity index (χ4n) is 2.95. The smallest absolute Gasteiger partial charge is 0.223 e. The third-order valence-corrected chi connectivity index (χ3v) is 4.70. The minimum Gasteiger partial charge on any atom is -0.494 e. The highest BCUT2D eigenvalue weighted by Crippen LogP contribution is 2.28. The lowest BCUT2D eigenvalue weighted by Gasteiger charge is -2.42. The largest absolute Gasteiger partial charge is 0.494 e. The molecule has 0 aromatic heterocycles. The number of nitrogens with two attached hydrogens (primary N) is 1. The zero-order valence-corrected chi connectivity index (χ0v) is 14.5. The van der Waals surface area contributed by atoms with Crippen LogP contribution in [0.15, 0.2) is 18.2 Å². The van der Waals surface area contributed by atoms with E-state index in [0.29, 0.717) is 13.1 Å². The van der Waals surface area contributed by atoms with Gasteiger partial charge in [0.2, 0.25) is 5.91 Å². The summed E-state index contributed by atoms with van der Waals surface area (Å²) in [6.07, 6.45) is 0.946. The molecule has 132 valence electrons. The molecule has 1 amide bonds. The van der Waals surface area contributed by atoms with Crippen molar-refractivity contribution >= 4 is 11.7 Å². The van der Waals surface area contributed by atoms with Crippen molar-refractivity contribution in [2.75, 3.05) is 20.2 Å². The van der Waals surface area contributed by atoms with E-state index in [-0.39, 0.29) is 47.3 Å². The van der Waals surface area contributed by atoms with Crippen LogP contribution in [-0.4, -0.2) is 42.8 Å². The van der Waals surface area contributed by atoms with Crippen molar-refractivity contribution in [3.63, 3.8) is 0 Å². The molecule has 0 spiro atoms. The Hall–Kier alpha value is -1.95. The molecule has 2 N–H and O–H groups in total. The summed E-state index contributed by atoms with van der Waals surface area (Å²) in [6, 6.07) is 4.15. The Labute approximate surface area is 142 Å². The minimum absolute atomic E-state index is 0.0580. The number of piperidine rings is 1. The van der Waals surface area contributed by atoms with Gasteiger partial charge in [0.25, 0.3) is 0 Å². The highest BCUT2D eigenvalue weighted by Gasteiger charge is 2.35. The van der Waals surface area contributed by atoms with E-state index in [0.717, 1.165) is 12.5 Å². The summed E-state index contributed by atoms with van der Waals surface area (Å²) in [7, 11) is 1.37. The first kappa shape index (κ1) is 18.4. The van der Waals surface area contributed by atoms with Crippen LogP contribution >= 0.6 is 0 Å². The Bertz CT molecular complexity index is 631. The number of rotatable bonds is 5. The average Bonchev–Trinajstić information content (AvgIpc) is 2.54. The molecule has 5 nitrogen and oxygen atoms in total. The zero-order chi connectivity index (χ0) is 17.9. The molecule has 2 rings (SSSR count). The van der Waals surface area contributed by atoms with Crippen molar-refractivity contribution in [1.82, 2.24) is 4.90 Å². The van der Waals surface area contributed by atoms with Gasteiger partial charge in [-0.2, -0.15) is 0 Å². The van der Waals surface area contributed by atoms with E-state index in [2.05, 4.69) is 0 Å². The molecule has 1 aromatic rings. The molecule has 0 bridgehead atoms. The Balaban J connectivity index is 1.92. The molecule has 24 heavy (non-hydrogen) atoms. The molecule has 0 aliphatic carbocycles. The molecular formula is C18H25FN2O3. The fourth-order valence-corrected chi connectivity index (χ4v) is 2.95. The van der Waals surface area contributed by atoms with Gasteiger partial charge in [-0.15, -0.1) is 0 Å². The van der Waals surface area contributed by atoms with E-state index in [1.54, 1.807) is 4.90 Å². The van der Waals surface area contributed by atoms with Gasteiger partial charge < -0.3 is 15.4 Å². The minimum atomic E-state index is -0.582. The molecule has 1 aromatic carbocycles. The van der Waals surface area contributed by atoms with E-state index in [1.165, 1.54) is 19.2 Å². The maximum atomic E-state index is 13.7. The molecule has 1 unspecified atom stereocenters. The number of ketones is 1. The predicted molar refractivity (Wildman–Crippen MR) is 89.5 cm³/mol. The normalized spacial score (nSPS) is 19.9. The lowest BCUT2D eigenvalue weighted by atomic mass is 9.79. The lowest BCUT2D eigenvalue weighted by molar-refractivity contribution is -0.134. The van der Waals surface area contributed by atoms with Crippen molar-refractivity contribution in [2.24, 2.45) is 11.1 Å². The average molecular weight is 336 g/mol. The van der Waals surface area contributed by atoms with Crippen LogP contribution in [0, 0.1) is 11.2 Å². The van der Waals surface area contributed by atoms with Crippen LogP contribution in [0.1, 0.15) is 43.5 Å². The first-order valence-electron chi connectivity index (χ1n) is 8.14. The van der Waals surface area contributed by atoms with Gasteiger partial charge in [-0.25, -0.2) is 4.39 Å². The molecule has 1 aliphatic rings. The summed E-state index contributed by atoms with van der Waals surface area (Å²) in [6.45, 7) is 5.30. The number of hydrogen-bond acceptors (Lipinski definition) is 4. The summed E-state index contributed by atoms with van der Waals surface area (Å²) in [4.78, 5) is 26.3. The number of carbonyl (C=O) groups excluding carboxylic acids is 2. The summed E-state index contributed by atoms with van der Waals surface area (Å²) >= 11 is 0. The Morgan fingerprint density at radius 1 is 1.38 bits per heavy atom. The molecule has 1 atom stereocenters. The maximum Gasteiger partial charge on any atom is 0.223 e. The molecular weight excluding hydrogens is 311 g/mol. The van der Waals surface area contributed by atoms with Crippen LogP contribution in [0.4, 0.5) is 4.39 Å². The van der Waals surface area contributed by atoms with Crippen molar-refractivity contribution < 1.29 is 18.7 Å². The monoisotopic (exact) mass is 336 g/mol. The second kappa shape index (κ2) is 7.30. The lowest BCUT2D eigenvalue weighted by Crippen LogP contribution is -2.54. The van der Waals surface area contributed by atoms with Crippen molar-refractivity contribution in [3.05, 3.63) is 29.6 Å². The molecule has 0 saturated carbocycles. The van der Waals surface area contributed by atoms with Gasteiger partial charge in [0.15, 0.2) is 17.3 Å². The number of benzene rings is 1. The highest BCUT2D eigenvalue weighted by molar-refractivity contribution is 5.98. The van der Waals surface area contributed by atoms with Crippen LogP contribution < -0.4 is 10.5 Å². The summed E-state index contributed by atoms with van der Waals surface area (Å²) in [5.41, 5.74) is 6.20. The second-order valence-corrected chi connectivity index (χ2v) is 6.97. The number of Topliss-reactive ketones (excluding diaryl/α,β-unsaturated/α-hetero) is 1. The SMILES string of the molecule is COc1ccc(C(=O)CCC(=O)N2CCC(N)C(C)(C)C2)cc1F. The summed E-state index contributed by atoms with van der Waals surface area (Å²) in [5, 5.41) is 0. The molecule has 1 saturated heterocycles. The fraction of sp³-hybridized carbons (Fsp3) is 0.556. The van der Waals surface area contributed by atoms with Crippen molar-refractivity contribution in [2.45, 2.75) is 39.2 Å². The first-order chi connectivity index (χ1) is 11.2. The van der Waals surface area contributed by atoms with E-state index >= 15 is 0 Å². The third kappa shape index (κ3) is 4.12. The number of hydrogen-bond donors (Lipinski definition) is 1. The highest BCUT2D eigenvalue weighted by atomic mass is 19.1. The van der Waals surface area contributed by atoms with Crippen molar-refractivity contribution in [3.8, 4) is 5.75 Å². The number of carbonyl (C=O) groups is 2. The van der Waals surface area contributed by atoms with Gasteiger partial charge in [-0.1, -0.05) is 13.8 Å². The number of amides is 1. The van der Waals surface area contributed by atoms with Gasteiger partial charge in [0.05, 0.1) is 7.11 Å². The molecule has 1 fully saturated rings. The number of likely N-dealkylation sites (tertiary alicyclic amines) is 1. The van der Waals surface area contributed by atoms with Gasteiger partial charge in [-0.3, -0.25) is 9.59 Å². The number of halogens is 1. The van der Waals surface area contributed by atoms with Gasteiger partial charge >= 0.3 is 0 Å². The number of methoxy groups -OCH3 is 1. The van der Waals surface area contributed by atoms with Crippen LogP contribution in [0.5, 0.6) is 5.75 Å². The van der Waals surface area contributed by atoms with E-state index in [4.69, 9.17) is 10.5 Å². The number of ether oxygens (including phenoxy) is 1. The second-order valence-electron chi connectivity index (χ2n) is 6.97. The van der Waals surface area contributed by atoms with Gasteiger partial charge in [0, 0.05) is 37.5 Å². The van der Waals surface area contributed by atoms with Crippen LogP contribution in [0.2, 0.25) is 0 Å². The van der Waals surface area contributed by atoms with Gasteiger partial charge in [0.1, 0.15) is 0 Å². The van der Waals surface area contributed by atoms with E-state index < -0.39 is 5.82 Å². The maximum absolute atomic E-state index is 13.7. The Kier molecular flexibility index (Phi) is 5.59. The Morgan fingerprint density at radius 3 is 2.67 bits per heavy atom. The van der Waals surface area contributed by atoms with Crippen molar-refractivity contribution in [1.29, 1.82) is 0 Å². The third-order valence-electron chi connectivity index (χ3n) is 4.70. The predicted octanol–water partition coefficient (Wildman–Crippen LogP) is 2.38. The van der Waals surface area contributed by atoms with Crippen LogP contribution in [0.3, 0.4) is 0 Å². The molecule has 1 heterocycles. The quantitative estimate of drug-likeness (QED) is 0.838. The topological polar surface area (TPSA) is 72.6 Å². The van der Waals surface area contributed by atoms with E-state index in [1.807, 2.05) is 13.8 Å². The molecule has 1 aliphatic heterocycles. The van der Waals surface area contributed by atoms with Crippen LogP contribution in [-0.2, 0) is 4.79 Å². The number of nitrogens with zero attached hydrogens (tertiary/aromatic N) is 1. The molecule has 0 radical (unpaired) electrons. The Morgan fingerprint density at radius 2 is 2.08 bits per heavy atom. The standard InChI is InChI=1S/C18H25FN2O3/c1-18(2)11-21(9-8-16(18)20)17(23)7-5-14(22)12-4-6-15(24-3)13(19)10-12/h4,6,10,16H,5,7-9,11,20H2,1-3H3.